The molecule has 3 aliphatic rings. The molecule has 0 saturated heterocycles. The van der Waals surface area contributed by atoms with Crippen LogP contribution in [0.4, 0.5) is 10.1 Å². The highest BCUT2D eigenvalue weighted by Gasteiger charge is 2.37. The van der Waals surface area contributed by atoms with Gasteiger partial charge in [-0.3, -0.25) is 0 Å². The predicted molar refractivity (Wildman–Crippen MR) is 97.8 cm³/mol. The number of hydrogen-bond donors (Lipinski definition) is 1. The minimum atomic E-state index is -0.455. The van der Waals surface area contributed by atoms with Crippen LogP contribution in [0.3, 0.4) is 0 Å². The highest BCUT2D eigenvalue weighted by Crippen LogP contribution is 2.52. The average molecular weight is 348 g/mol. The largest absolute Gasteiger partial charge is 0.489 e. The van der Waals surface area contributed by atoms with Gasteiger partial charge >= 0.3 is 0 Å². The maximum atomic E-state index is 13.3. The van der Waals surface area contributed by atoms with Crippen LogP contribution in [0.1, 0.15) is 42.4 Å². The van der Waals surface area contributed by atoms with Crippen molar-refractivity contribution in [1.29, 1.82) is 0 Å². The molecule has 1 aromatic rings. The predicted octanol–water partition coefficient (Wildman–Crippen LogP) is 2.82. The second-order valence-electron chi connectivity index (χ2n) is 7.62. The van der Waals surface area contributed by atoms with Crippen LogP contribution in [0.5, 0.6) is 5.75 Å². The van der Waals surface area contributed by atoms with E-state index in [2.05, 4.69) is 23.2 Å². The van der Waals surface area contributed by atoms with Crippen molar-refractivity contribution in [3.8, 4) is 5.75 Å². The molecule has 4 nitrogen and oxygen atoms in total. The number of nitrogens with one attached hydrogen (secondary N) is 1. The molecule has 1 aromatic carbocycles. The highest BCUT2D eigenvalue weighted by molar-refractivity contribution is 5.72. The number of anilines is 1. The number of ether oxygens (including phenoxy) is 2. The van der Waals surface area contributed by atoms with Crippen LogP contribution in [-0.4, -0.2) is 52.2 Å². The van der Waals surface area contributed by atoms with Gasteiger partial charge in [0.05, 0.1) is 11.7 Å². The Bertz CT molecular complexity index is 629. The lowest BCUT2D eigenvalue weighted by Gasteiger charge is -2.40. The summed E-state index contributed by atoms with van der Waals surface area (Å²) in [6.45, 7) is 5.01. The lowest BCUT2D eigenvalue weighted by atomic mass is 9.90. The molecule has 0 radical (unpaired) electrons. The molecular weight excluding hydrogens is 319 g/mol. The Morgan fingerprint density at radius 3 is 2.88 bits per heavy atom. The SMILES string of the molecule is CO[C@@H](CF)CN1c2c(cc3c(c2C2CC2)CCNCC3)OC[C@H]1C. The van der Waals surface area contributed by atoms with Gasteiger partial charge in [-0.1, -0.05) is 0 Å². The number of nitrogens with zero attached hydrogens (tertiary/aromatic N) is 1. The highest BCUT2D eigenvalue weighted by atomic mass is 19.1. The van der Waals surface area contributed by atoms with Crippen LogP contribution in [0.25, 0.3) is 0 Å². The first-order valence-corrected chi connectivity index (χ1v) is 9.60. The molecule has 1 fully saturated rings. The summed E-state index contributed by atoms with van der Waals surface area (Å²) in [5.74, 6) is 1.64. The molecule has 1 N–H and O–H groups in total. The van der Waals surface area contributed by atoms with Crippen molar-refractivity contribution in [2.75, 3.05) is 44.9 Å². The van der Waals surface area contributed by atoms with Crippen molar-refractivity contribution in [2.24, 2.45) is 0 Å². The Hall–Kier alpha value is -1.33. The Kier molecular flexibility index (Phi) is 4.87. The third-order valence-corrected chi connectivity index (χ3v) is 5.82. The molecule has 0 spiro atoms. The fraction of sp³-hybridized carbons (Fsp3) is 0.700. The van der Waals surface area contributed by atoms with Gasteiger partial charge in [-0.05, 0) is 74.4 Å². The van der Waals surface area contributed by atoms with E-state index in [1.807, 2.05) is 0 Å². The number of methoxy groups -OCH3 is 1. The summed E-state index contributed by atoms with van der Waals surface area (Å²) in [7, 11) is 1.60. The first-order valence-electron chi connectivity index (χ1n) is 9.60. The van der Waals surface area contributed by atoms with E-state index in [1.165, 1.54) is 35.2 Å². The van der Waals surface area contributed by atoms with Crippen LogP contribution >= 0.6 is 0 Å². The monoisotopic (exact) mass is 348 g/mol. The van der Waals surface area contributed by atoms with Crippen molar-refractivity contribution in [3.05, 3.63) is 22.8 Å². The van der Waals surface area contributed by atoms with Gasteiger partial charge in [0.15, 0.2) is 0 Å². The van der Waals surface area contributed by atoms with Gasteiger partial charge in [0.1, 0.15) is 25.1 Å². The lowest BCUT2D eigenvalue weighted by molar-refractivity contribution is 0.0807. The summed E-state index contributed by atoms with van der Waals surface area (Å²) >= 11 is 0. The maximum Gasteiger partial charge on any atom is 0.143 e. The molecular formula is C20H29FN2O2. The molecule has 25 heavy (non-hydrogen) atoms. The molecule has 1 aliphatic carbocycles. The van der Waals surface area contributed by atoms with E-state index in [9.17, 15) is 4.39 Å². The van der Waals surface area contributed by atoms with E-state index in [4.69, 9.17) is 9.47 Å². The van der Waals surface area contributed by atoms with Gasteiger partial charge in [-0.25, -0.2) is 4.39 Å². The summed E-state index contributed by atoms with van der Waals surface area (Å²) in [6, 6.07) is 2.48. The quantitative estimate of drug-likeness (QED) is 0.887. The van der Waals surface area contributed by atoms with E-state index in [1.54, 1.807) is 7.11 Å². The number of rotatable bonds is 5. The Balaban J connectivity index is 1.80. The third kappa shape index (κ3) is 3.24. The van der Waals surface area contributed by atoms with Crippen LogP contribution in [0, 0.1) is 0 Å². The lowest BCUT2D eigenvalue weighted by Crippen LogP contribution is -2.46. The Morgan fingerprint density at radius 2 is 2.16 bits per heavy atom. The first-order chi connectivity index (χ1) is 12.2. The number of fused-ring (bicyclic) bond motifs is 2. The van der Waals surface area contributed by atoms with Crippen molar-refractivity contribution in [3.63, 3.8) is 0 Å². The van der Waals surface area contributed by atoms with Crippen molar-refractivity contribution in [2.45, 2.75) is 50.7 Å². The van der Waals surface area contributed by atoms with Gasteiger partial charge in [0, 0.05) is 13.7 Å². The summed E-state index contributed by atoms with van der Waals surface area (Å²) in [5, 5.41) is 3.52. The van der Waals surface area contributed by atoms with Gasteiger partial charge in [0.25, 0.3) is 0 Å². The van der Waals surface area contributed by atoms with Crippen LogP contribution in [0.2, 0.25) is 0 Å². The average Bonchev–Trinajstić information content (AvgIpc) is 3.46. The molecule has 2 aliphatic heterocycles. The van der Waals surface area contributed by atoms with Crippen LogP contribution in [0.15, 0.2) is 6.07 Å². The summed E-state index contributed by atoms with van der Waals surface area (Å²) in [4.78, 5) is 2.35. The molecule has 0 amide bonds. The zero-order valence-corrected chi connectivity index (χ0v) is 15.3. The molecule has 5 heteroatoms. The minimum Gasteiger partial charge on any atom is -0.489 e. The zero-order valence-electron chi connectivity index (χ0n) is 15.3. The van der Waals surface area contributed by atoms with Crippen molar-refractivity contribution in [1.82, 2.24) is 5.32 Å². The summed E-state index contributed by atoms with van der Waals surface area (Å²) in [6.07, 6.45) is 4.27. The molecule has 0 bridgehead atoms. The van der Waals surface area contributed by atoms with Gasteiger partial charge in [0.2, 0.25) is 0 Å². The van der Waals surface area contributed by atoms with E-state index in [0.29, 0.717) is 19.1 Å². The van der Waals surface area contributed by atoms with Crippen molar-refractivity contribution < 1.29 is 13.9 Å². The zero-order chi connectivity index (χ0) is 17.4. The van der Waals surface area contributed by atoms with E-state index < -0.39 is 6.67 Å². The van der Waals surface area contributed by atoms with E-state index in [0.717, 1.165) is 31.7 Å². The molecule has 2 heterocycles. The van der Waals surface area contributed by atoms with Gasteiger partial charge in [-0.15, -0.1) is 0 Å². The standard InChI is InChI=1S/C20H29FN2O2/c1-13-12-25-18-9-15-5-7-22-8-6-17(15)19(14-3-4-14)20(18)23(13)11-16(10-21)24-2/h9,13-14,16,22H,3-8,10-12H2,1-2H3/t13-,16+/m1/s1. The molecule has 2 atom stereocenters. The fourth-order valence-electron chi connectivity index (χ4n) is 4.26. The molecule has 0 unspecified atom stereocenters. The van der Waals surface area contributed by atoms with Gasteiger partial charge < -0.3 is 19.7 Å². The van der Waals surface area contributed by atoms with Crippen LogP contribution in [-0.2, 0) is 17.6 Å². The van der Waals surface area contributed by atoms with E-state index >= 15 is 0 Å². The smallest absolute Gasteiger partial charge is 0.143 e. The van der Waals surface area contributed by atoms with Crippen molar-refractivity contribution >= 4 is 5.69 Å². The Labute approximate surface area is 149 Å². The minimum absolute atomic E-state index is 0.233. The number of benzene rings is 1. The number of hydrogen-bond acceptors (Lipinski definition) is 4. The normalized spacial score (nSPS) is 24.1. The second-order valence-corrected chi connectivity index (χ2v) is 7.62. The number of halogens is 1. The van der Waals surface area contributed by atoms with E-state index in [-0.39, 0.29) is 12.1 Å². The molecule has 1 saturated carbocycles. The van der Waals surface area contributed by atoms with Crippen LogP contribution < -0.4 is 15.0 Å². The maximum absolute atomic E-state index is 13.3. The topological polar surface area (TPSA) is 33.7 Å². The molecule has 0 aromatic heterocycles. The second kappa shape index (κ2) is 7.12. The Morgan fingerprint density at radius 1 is 1.36 bits per heavy atom. The third-order valence-electron chi connectivity index (χ3n) is 5.82. The fourth-order valence-corrected chi connectivity index (χ4v) is 4.26. The van der Waals surface area contributed by atoms with Gasteiger partial charge in [-0.2, -0.15) is 0 Å². The summed E-state index contributed by atoms with van der Waals surface area (Å²) in [5.41, 5.74) is 5.66. The molecule has 4 rings (SSSR count). The molecule has 138 valence electrons. The first kappa shape index (κ1) is 17.1. The number of alkyl halides is 1. The summed E-state index contributed by atoms with van der Waals surface area (Å²) < 4.78 is 24.8.